The molecule has 0 bridgehead atoms. The van der Waals surface area contributed by atoms with E-state index >= 15 is 0 Å². The quantitative estimate of drug-likeness (QED) is 0.486. The lowest BCUT2D eigenvalue weighted by atomic mass is 10.0. The molecule has 1 atom stereocenters. The predicted molar refractivity (Wildman–Crippen MR) is 118 cm³/mol. The van der Waals surface area contributed by atoms with Crippen LogP contribution in [0.1, 0.15) is 35.4 Å². The monoisotopic (exact) mass is 397 g/mol. The SMILES string of the molecule is CCC(NC(=O)c1c(OC)c(-c2ccccc2)nc2ccccc12)c1ccccn1. The molecule has 150 valence electrons. The van der Waals surface area contributed by atoms with Crippen molar-refractivity contribution >= 4 is 16.8 Å². The van der Waals surface area contributed by atoms with Crippen molar-refractivity contribution in [3.8, 4) is 17.0 Å². The minimum atomic E-state index is -0.208. The Morgan fingerprint density at radius 2 is 1.73 bits per heavy atom. The number of ether oxygens (including phenoxy) is 1. The number of nitrogens with one attached hydrogen (secondary N) is 1. The zero-order valence-electron chi connectivity index (χ0n) is 17.0. The molecule has 0 saturated heterocycles. The van der Waals surface area contributed by atoms with Crippen molar-refractivity contribution in [2.45, 2.75) is 19.4 Å². The molecular formula is C25H23N3O2. The molecule has 0 aliphatic carbocycles. The molecule has 1 unspecified atom stereocenters. The van der Waals surface area contributed by atoms with E-state index in [4.69, 9.17) is 9.72 Å². The minimum absolute atomic E-state index is 0.199. The van der Waals surface area contributed by atoms with Crippen LogP contribution >= 0.6 is 0 Å². The van der Waals surface area contributed by atoms with Crippen LogP contribution in [0.3, 0.4) is 0 Å². The number of hydrogen-bond acceptors (Lipinski definition) is 4. The molecule has 2 aromatic carbocycles. The Hall–Kier alpha value is -3.73. The minimum Gasteiger partial charge on any atom is -0.494 e. The number of benzene rings is 2. The van der Waals surface area contributed by atoms with Gasteiger partial charge in [0.15, 0.2) is 5.75 Å². The number of aromatic nitrogens is 2. The summed E-state index contributed by atoms with van der Waals surface area (Å²) in [6.07, 6.45) is 2.46. The van der Waals surface area contributed by atoms with Gasteiger partial charge in [0, 0.05) is 17.1 Å². The van der Waals surface area contributed by atoms with Crippen LogP contribution in [0.15, 0.2) is 79.0 Å². The molecule has 0 aliphatic heterocycles. The first-order valence-corrected chi connectivity index (χ1v) is 9.96. The average Bonchev–Trinajstić information content (AvgIpc) is 2.82. The van der Waals surface area contributed by atoms with Crippen molar-refractivity contribution in [3.05, 3.63) is 90.3 Å². The van der Waals surface area contributed by atoms with Crippen molar-refractivity contribution in [1.82, 2.24) is 15.3 Å². The van der Waals surface area contributed by atoms with Gasteiger partial charge in [-0.3, -0.25) is 9.78 Å². The van der Waals surface area contributed by atoms with Crippen LogP contribution in [0.4, 0.5) is 0 Å². The third-order valence-corrected chi connectivity index (χ3v) is 5.08. The molecule has 30 heavy (non-hydrogen) atoms. The summed E-state index contributed by atoms with van der Waals surface area (Å²) in [5.41, 5.74) is 3.59. The van der Waals surface area contributed by atoms with Crippen molar-refractivity contribution in [2.75, 3.05) is 7.11 Å². The second kappa shape index (κ2) is 8.74. The van der Waals surface area contributed by atoms with Crippen LogP contribution in [0, 0.1) is 0 Å². The molecule has 0 saturated carbocycles. The van der Waals surface area contributed by atoms with Gasteiger partial charge in [-0.25, -0.2) is 4.98 Å². The molecule has 2 heterocycles. The topological polar surface area (TPSA) is 64.1 Å². The lowest BCUT2D eigenvalue weighted by Gasteiger charge is -2.20. The van der Waals surface area contributed by atoms with Crippen LogP contribution in [0.5, 0.6) is 5.75 Å². The summed E-state index contributed by atoms with van der Waals surface area (Å²) in [5, 5.41) is 3.89. The number of amides is 1. The number of nitrogens with zero attached hydrogens (tertiary/aromatic N) is 2. The first-order chi connectivity index (χ1) is 14.7. The Labute approximate surface area is 175 Å². The van der Waals surface area contributed by atoms with Crippen LogP contribution in [0.2, 0.25) is 0 Å². The third-order valence-electron chi connectivity index (χ3n) is 5.08. The van der Waals surface area contributed by atoms with Gasteiger partial charge in [-0.2, -0.15) is 0 Å². The first kappa shape index (κ1) is 19.6. The highest BCUT2D eigenvalue weighted by Gasteiger charge is 2.24. The van der Waals surface area contributed by atoms with E-state index in [0.717, 1.165) is 28.6 Å². The number of methoxy groups -OCH3 is 1. The van der Waals surface area contributed by atoms with Gasteiger partial charge < -0.3 is 10.1 Å². The highest BCUT2D eigenvalue weighted by Crippen LogP contribution is 2.36. The van der Waals surface area contributed by atoms with E-state index in [2.05, 4.69) is 10.3 Å². The maximum atomic E-state index is 13.5. The molecule has 4 rings (SSSR count). The Bertz CT molecular complexity index is 1160. The van der Waals surface area contributed by atoms with Gasteiger partial charge in [-0.05, 0) is 24.6 Å². The summed E-state index contributed by atoms with van der Waals surface area (Å²) in [4.78, 5) is 22.7. The second-order valence-corrected chi connectivity index (χ2v) is 6.94. The zero-order valence-corrected chi connectivity index (χ0v) is 17.0. The van der Waals surface area contributed by atoms with Crippen molar-refractivity contribution in [3.63, 3.8) is 0 Å². The van der Waals surface area contributed by atoms with Crippen molar-refractivity contribution in [1.29, 1.82) is 0 Å². The van der Waals surface area contributed by atoms with Crippen LogP contribution in [0.25, 0.3) is 22.2 Å². The number of carbonyl (C=O) groups excluding carboxylic acids is 1. The summed E-state index contributed by atoms with van der Waals surface area (Å²) in [7, 11) is 1.57. The fourth-order valence-electron chi connectivity index (χ4n) is 3.61. The van der Waals surface area contributed by atoms with Crippen molar-refractivity contribution in [2.24, 2.45) is 0 Å². The predicted octanol–water partition coefficient (Wildman–Crippen LogP) is 5.19. The van der Waals surface area contributed by atoms with E-state index in [1.165, 1.54) is 0 Å². The summed E-state index contributed by atoms with van der Waals surface area (Å²) in [6.45, 7) is 2.02. The normalized spacial score (nSPS) is 11.8. The zero-order chi connectivity index (χ0) is 20.9. The number of rotatable bonds is 6. The molecule has 0 aliphatic rings. The lowest BCUT2D eigenvalue weighted by Crippen LogP contribution is -2.29. The van der Waals surface area contributed by atoms with E-state index < -0.39 is 0 Å². The van der Waals surface area contributed by atoms with E-state index in [9.17, 15) is 4.79 Å². The molecule has 5 heteroatoms. The van der Waals surface area contributed by atoms with E-state index in [1.807, 2.05) is 79.7 Å². The Morgan fingerprint density at radius 1 is 1.00 bits per heavy atom. The number of para-hydroxylation sites is 1. The van der Waals surface area contributed by atoms with Crippen molar-refractivity contribution < 1.29 is 9.53 Å². The summed E-state index contributed by atoms with van der Waals surface area (Å²) in [6, 6.07) is 22.9. The Kier molecular flexibility index (Phi) is 5.70. The molecule has 0 spiro atoms. The molecule has 1 N–H and O–H groups in total. The van der Waals surface area contributed by atoms with Crippen LogP contribution in [-0.2, 0) is 0 Å². The van der Waals surface area contributed by atoms with Gasteiger partial charge >= 0.3 is 0 Å². The standard InChI is InChI=1S/C25H23N3O2/c1-3-19(21-15-9-10-16-26-21)28-25(29)22-18-13-7-8-14-20(18)27-23(24(22)30-2)17-11-5-4-6-12-17/h4-16,19H,3H2,1-2H3,(H,28,29). The molecule has 0 fully saturated rings. The molecule has 0 radical (unpaired) electrons. The highest BCUT2D eigenvalue weighted by molar-refractivity contribution is 6.10. The highest BCUT2D eigenvalue weighted by atomic mass is 16.5. The van der Waals surface area contributed by atoms with Gasteiger partial charge in [-0.15, -0.1) is 0 Å². The smallest absolute Gasteiger partial charge is 0.256 e. The third kappa shape index (κ3) is 3.74. The van der Waals surface area contributed by atoms with E-state index in [-0.39, 0.29) is 11.9 Å². The Morgan fingerprint density at radius 3 is 2.43 bits per heavy atom. The molecule has 4 aromatic rings. The van der Waals surface area contributed by atoms with E-state index in [0.29, 0.717) is 17.0 Å². The largest absolute Gasteiger partial charge is 0.494 e. The lowest BCUT2D eigenvalue weighted by molar-refractivity contribution is 0.0933. The van der Waals surface area contributed by atoms with E-state index in [1.54, 1.807) is 13.3 Å². The average molecular weight is 397 g/mol. The number of hydrogen-bond donors (Lipinski definition) is 1. The van der Waals surface area contributed by atoms with Crippen LogP contribution in [-0.4, -0.2) is 23.0 Å². The molecule has 1 amide bonds. The Balaban J connectivity index is 1.85. The summed E-state index contributed by atoms with van der Waals surface area (Å²) >= 11 is 0. The van der Waals surface area contributed by atoms with Gasteiger partial charge in [-0.1, -0.05) is 61.5 Å². The molecular weight excluding hydrogens is 374 g/mol. The number of carbonyl (C=O) groups is 1. The first-order valence-electron chi connectivity index (χ1n) is 9.96. The summed E-state index contributed by atoms with van der Waals surface area (Å²) in [5.74, 6) is 0.258. The van der Waals surface area contributed by atoms with Gasteiger partial charge in [0.1, 0.15) is 5.69 Å². The fraction of sp³-hybridized carbons (Fsp3) is 0.160. The fourth-order valence-corrected chi connectivity index (χ4v) is 3.61. The van der Waals surface area contributed by atoms with Gasteiger partial charge in [0.2, 0.25) is 0 Å². The van der Waals surface area contributed by atoms with Gasteiger partial charge in [0.25, 0.3) is 5.91 Å². The molecule has 5 nitrogen and oxygen atoms in total. The van der Waals surface area contributed by atoms with Crippen LogP contribution < -0.4 is 10.1 Å². The number of fused-ring (bicyclic) bond motifs is 1. The maximum Gasteiger partial charge on any atom is 0.256 e. The molecule has 2 aromatic heterocycles. The second-order valence-electron chi connectivity index (χ2n) is 6.94. The number of pyridine rings is 2. The summed E-state index contributed by atoms with van der Waals surface area (Å²) < 4.78 is 5.74. The maximum absolute atomic E-state index is 13.5. The van der Waals surface area contributed by atoms with Gasteiger partial charge in [0.05, 0.1) is 29.9 Å².